The summed E-state index contributed by atoms with van der Waals surface area (Å²) in [5.41, 5.74) is 0. The summed E-state index contributed by atoms with van der Waals surface area (Å²) in [6.07, 6.45) is 0.818. The van der Waals surface area contributed by atoms with Gasteiger partial charge in [-0.2, -0.15) is 0 Å². The third-order valence-electron chi connectivity index (χ3n) is 2.27. The molecule has 2 unspecified atom stereocenters. The summed E-state index contributed by atoms with van der Waals surface area (Å²) in [5.74, 6) is -1.10. The minimum absolute atomic E-state index is 0.102. The summed E-state index contributed by atoms with van der Waals surface area (Å²) in [6.45, 7) is 2.55. The summed E-state index contributed by atoms with van der Waals surface area (Å²) in [5, 5.41) is 2.65. The lowest BCUT2D eigenvalue weighted by atomic mass is 9.93. The van der Waals surface area contributed by atoms with E-state index in [2.05, 4.69) is 10.1 Å². The van der Waals surface area contributed by atoms with Crippen molar-refractivity contribution in [1.82, 2.24) is 5.32 Å². The summed E-state index contributed by atoms with van der Waals surface area (Å²) < 4.78 is 4.54. The molecule has 1 fully saturated rings. The molecule has 1 aliphatic heterocycles. The van der Waals surface area contributed by atoms with Gasteiger partial charge in [-0.25, -0.2) is 0 Å². The van der Waals surface area contributed by atoms with Crippen molar-refractivity contribution in [1.29, 1.82) is 0 Å². The van der Waals surface area contributed by atoms with Gasteiger partial charge in [0, 0.05) is 6.54 Å². The number of esters is 1. The third-order valence-corrected chi connectivity index (χ3v) is 2.27. The molecule has 0 aromatic heterocycles. The van der Waals surface area contributed by atoms with Crippen molar-refractivity contribution >= 4 is 11.9 Å². The van der Waals surface area contributed by atoms with Gasteiger partial charge in [-0.3, -0.25) is 9.59 Å². The molecule has 0 saturated carbocycles. The van der Waals surface area contributed by atoms with Gasteiger partial charge in [-0.15, -0.1) is 0 Å². The number of rotatable bonds is 2. The highest BCUT2D eigenvalue weighted by molar-refractivity contribution is 5.99. The second-order valence-electron chi connectivity index (χ2n) is 2.91. The molecule has 0 radical (unpaired) electrons. The summed E-state index contributed by atoms with van der Waals surface area (Å²) in [6, 6.07) is 0. The van der Waals surface area contributed by atoms with Crippen LogP contribution in [0.15, 0.2) is 0 Å². The smallest absolute Gasteiger partial charge is 0.318 e. The fourth-order valence-electron chi connectivity index (χ4n) is 1.48. The molecule has 1 heterocycles. The van der Waals surface area contributed by atoms with E-state index in [1.54, 1.807) is 0 Å². The molecule has 0 aliphatic carbocycles. The molecule has 0 aromatic rings. The van der Waals surface area contributed by atoms with Crippen LogP contribution in [0.5, 0.6) is 0 Å². The first-order valence-corrected chi connectivity index (χ1v) is 4.06. The van der Waals surface area contributed by atoms with Crippen LogP contribution in [0.4, 0.5) is 0 Å². The fraction of sp³-hybridized carbons (Fsp3) is 0.750. The Labute approximate surface area is 71.3 Å². The molecule has 68 valence electrons. The molecular formula is C8H13NO3. The van der Waals surface area contributed by atoms with Crippen molar-refractivity contribution in [2.75, 3.05) is 13.7 Å². The normalized spacial score (nSPS) is 28.3. The Bertz CT molecular complexity index is 202. The van der Waals surface area contributed by atoms with E-state index >= 15 is 0 Å². The minimum atomic E-state index is -0.583. The molecule has 1 aliphatic rings. The zero-order valence-corrected chi connectivity index (χ0v) is 7.29. The molecule has 4 nitrogen and oxygen atoms in total. The number of amides is 1. The first kappa shape index (κ1) is 9.03. The van der Waals surface area contributed by atoms with E-state index in [4.69, 9.17) is 0 Å². The Balaban J connectivity index is 2.70. The predicted molar refractivity (Wildman–Crippen MR) is 42.3 cm³/mol. The van der Waals surface area contributed by atoms with Gasteiger partial charge < -0.3 is 10.1 Å². The largest absolute Gasteiger partial charge is 0.468 e. The van der Waals surface area contributed by atoms with Gasteiger partial charge in [0.25, 0.3) is 0 Å². The van der Waals surface area contributed by atoms with Crippen LogP contribution in [0.2, 0.25) is 0 Å². The van der Waals surface area contributed by atoms with E-state index in [1.807, 2.05) is 6.92 Å². The average Bonchev–Trinajstić information content (AvgIpc) is 2.45. The minimum Gasteiger partial charge on any atom is -0.468 e. The molecule has 1 N–H and O–H groups in total. The Morgan fingerprint density at radius 1 is 1.75 bits per heavy atom. The Morgan fingerprint density at radius 2 is 2.42 bits per heavy atom. The topological polar surface area (TPSA) is 55.4 Å². The van der Waals surface area contributed by atoms with E-state index in [0.29, 0.717) is 6.54 Å². The van der Waals surface area contributed by atoms with Crippen molar-refractivity contribution in [3.63, 3.8) is 0 Å². The molecule has 1 amide bonds. The van der Waals surface area contributed by atoms with Crippen LogP contribution >= 0.6 is 0 Å². The van der Waals surface area contributed by atoms with E-state index in [1.165, 1.54) is 7.11 Å². The number of carbonyl (C=O) groups excluding carboxylic acids is 2. The van der Waals surface area contributed by atoms with E-state index in [9.17, 15) is 9.59 Å². The number of ether oxygens (including phenoxy) is 1. The first-order valence-electron chi connectivity index (χ1n) is 4.06. The van der Waals surface area contributed by atoms with E-state index in [-0.39, 0.29) is 11.8 Å². The van der Waals surface area contributed by atoms with Gasteiger partial charge in [-0.1, -0.05) is 13.3 Å². The quantitative estimate of drug-likeness (QED) is 0.467. The monoisotopic (exact) mass is 171 g/mol. The van der Waals surface area contributed by atoms with Crippen LogP contribution in [0.3, 0.4) is 0 Å². The maximum Gasteiger partial charge on any atom is 0.318 e. The van der Waals surface area contributed by atoms with Crippen molar-refractivity contribution < 1.29 is 14.3 Å². The van der Waals surface area contributed by atoms with Gasteiger partial charge >= 0.3 is 5.97 Å². The van der Waals surface area contributed by atoms with Crippen LogP contribution < -0.4 is 5.32 Å². The predicted octanol–water partition coefficient (Wildman–Crippen LogP) is -0.0684. The van der Waals surface area contributed by atoms with E-state index in [0.717, 1.165) is 6.42 Å². The number of hydrogen-bond acceptors (Lipinski definition) is 3. The number of nitrogens with one attached hydrogen (secondary N) is 1. The molecule has 2 atom stereocenters. The van der Waals surface area contributed by atoms with Crippen molar-refractivity contribution in [3.05, 3.63) is 0 Å². The van der Waals surface area contributed by atoms with Gasteiger partial charge in [0.05, 0.1) is 7.11 Å². The third kappa shape index (κ3) is 1.42. The van der Waals surface area contributed by atoms with Crippen LogP contribution in [0.25, 0.3) is 0 Å². The maximum atomic E-state index is 11.1. The maximum absolute atomic E-state index is 11.1. The standard InChI is InChI=1S/C8H13NO3/c1-3-5-4-9-7(10)6(5)8(11)12-2/h5-6H,3-4H2,1-2H3,(H,9,10). The highest BCUT2D eigenvalue weighted by Gasteiger charge is 2.39. The average molecular weight is 171 g/mol. The van der Waals surface area contributed by atoms with Crippen LogP contribution in [0.1, 0.15) is 13.3 Å². The second kappa shape index (κ2) is 3.56. The molecule has 0 bridgehead atoms. The Hall–Kier alpha value is -1.06. The summed E-state index contributed by atoms with van der Waals surface area (Å²) in [7, 11) is 1.31. The molecule has 1 saturated heterocycles. The molecule has 12 heavy (non-hydrogen) atoms. The van der Waals surface area contributed by atoms with Gasteiger partial charge in [0.2, 0.25) is 5.91 Å². The number of hydrogen-bond donors (Lipinski definition) is 1. The van der Waals surface area contributed by atoms with Crippen molar-refractivity contribution in [3.8, 4) is 0 Å². The van der Waals surface area contributed by atoms with Crippen molar-refractivity contribution in [2.24, 2.45) is 11.8 Å². The highest BCUT2D eigenvalue weighted by Crippen LogP contribution is 2.21. The number of methoxy groups -OCH3 is 1. The van der Waals surface area contributed by atoms with Crippen LogP contribution in [0, 0.1) is 11.8 Å². The lowest BCUT2D eigenvalue weighted by Gasteiger charge is -2.11. The summed E-state index contributed by atoms with van der Waals surface area (Å²) in [4.78, 5) is 22.2. The Kier molecular flexibility index (Phi) is 2.68. The molecule has 0 aromatic carbocycles. The van der Waals surface area contributed by atoms with Crippen molar-refractivity contribution in [2.45, 2.75) is 13.3 Å². The molecule has 0 spiro atoms. The summed E-state index contributed by atoms with van der Waals surface area (Å²) >= 11 is 0. The first-order chi connectivity index (χ1) is 5.70. The van der Waals surface area contributed by atoms with Crippen LogP contribution in [-0.2, 0) is 14.3 Å². The van der Waals surface area contributed by atoms with Gasteiger partial charge in [0.15, 0.2) is 0 Å². The lowest BCUT2D eigenvalue weighted by molar-refractivity contribution is -0.150. The zero-order chi connectivity index (χ0) is 9.14. The van der Waals surface area contributed by atoms with E-state index < -0.39 is 11.9 Å². The molecular weight excluding hydrogens is 158 g/mol. The lowest BCUT2D eigenvalue weighted by Crippen LogP contribution is -2.28. The second-order valence-corrected chi connectivity index (χ2v) is 2.91. The SMILES string of the molecule is CCC1CNC(=O)C1C(=O)OC. The van der Waals surface area contributed by atoms with Gasteiger partial charge in [0.1, 0.15) is 5.92 Å². The highest BCUT2D eigenvalue weighted by atomic mass is 16.5. The van der Waals surface area contributed by atoms with Crippen LogP contribution in [-0.4, -0.2) is 25.5 Å². The van der Waals surface area contributed by atoms with Gasteiger partial charge in [-0.05, 0) is 5.92 Å². The zero-order valence-electron chi connectivity index (χ0n) is 7.29. The molecule has 1 rings (SSSR count). The Morgan fingerprint density at radius 3 is 2.92 bits per heavy atom. The number of carbonyl (C=O) groups is 2. The molecule has 4 heteroatoms. The fourth-order valence-corrected chi connectivity index (χ4v) is 1.48.